The lowest BCUT2D eigenvalue weighted by molar-refractivity contribution is -0.122. The number of carbonyl (C=O) groups excluding carboxylic acids is 1. The fourth-order valence-electron chi connectivity index (χ4n) is 3.55. The average Bonchev–Trinajstić information content (AvgIpc) is 3.57. The monoisotopic (exact) mass is 406 g/mol. The van der Waals surface area contributed by atoms with E-state index in [4.69, 9.17) is 4.74 Å². The SMILES string of the molecule is COc1ccc(-n2nc(Cc3ccccc3)n(CC(=O)NC(C)C3CC3)c2=O)cc1. The second-order valence-corrected chi connectivity index (χ2v) is 7.75. The Hall–Kier alpha value is -3.35. The maximum absolute atomic E-state index is 13.2. The Labute approximate surface area is 175 Å². The molecule has 1 amide bonds. The van der Waals surface area contributed by atoms with Crippen molar-refractivity contribution in [1.82, 2.24) is 19.7 Å². The Morgan fingerprint density at radius 3 is 2.50 bits per heavy atom. The first-order chi connectivity index (χ1) is 14.5. The summed E-state index contributed by atoms with van der Waals surface area (Å²) in [5.41, 5.74) is 1.32. The van der Waals surface area contributed by atoms with Gasteiger partial charge < -0.3 is 10.1 Å². The molecular formula is C23H26N4O3. The highest BCUT2D eigenvalue weighted by Gasteiger charge is 2.29. The molecule has 3 aromatic rings. The van der Waals surface area contributed by atoms with Crippen molar-refractivity contribution < 1.29 is 9.53 Å². The number of methoxy groups -OCH3 is 1. The molecule has 1 saturated carbocycles. The summed E-state index contributed by atoms with van der Waals surface area (Å²) in [6, 6.07) is 17.0. The van der Waals surface area contributed by atoms with E-state index < -0.39 is 0 Å². The summed E-state index contributed by atoms with van der Waals surface area (Å²) in [6.07, 6.45) is 2.76. The van der Waals surface area contributed by atoms with E-state index in [1.165, 1.54) is 9.25 Å². The van der Waals surface area contributed by atoms with Crippen LogP contribution in [0.1, 0.15) is 31.2 Å². The smallest absolute Gasteiger partial charge is 0.351 e. The van der Waals surface area contributed by atoms with E-state index in [-0.39, 0.29) is 24.2 Å². The van der Waals surface area contributed by atoms with Crippen molar-refractivity contribution in [3.8, 4) is 11.4 Å². The summed E-state index contributed by atoms with van der Waals surface area (Å²) >= 11 is 0. The molecule has 1 unspecified atom stereocenters. The van der Waals surface area contributed by atoms with E-state index in [0.29, 0.717) is 29.6 Å². The van der Waals surface area contributed by atoms with Crippen LogP contribution in [0.5, 0.6) is 5.75 Å². The molecule has 1 N–H and O–H groups in total. The maximum Gasteiger partial charge on any atom is 0.351 e. The Bertz CT molecular complexity index is 1070. The molecule has 7 nitrogen and oxygen atoms in total. The molecule has 1 aliphatic rings. The van der Waals surface area contributed by atoms with E-state index >= 15 is 0 Å². The molecule has 1 fully saturated rings. The standard InChI is InChI=1S/C23H26N4O3/c1-16(18-8-9-18)24-22(28)15-26-21(14-17-6-4-3-5-7-17)25-27(23(26)29)19-10-12-20(30-2)13-11-19/h3-7,10-13,16,18H,8-9,14-15H2,1-2H3,(H,24,28). The first-order valence-corrected chi connectivity index (χ1v) is 10.2. The van der Waals surface area contributed by atoms with Gasteiger partial charge >= 0.3 is 5.69 Å². The van der Waals surface area contributed by atoms with Crippen molar-refractivity contribution in [2.24, 2.45) is 5.92 Å². The Morgan fingerprint density at radius 1 is 1.17 bits per heavy atom. The molecule has 4 rings (SSSR count). The lowest BCUT2D eigenvalue weighted by Crippen LogP contribution is -2.39. The minimum Gasteiger partial charge on any atom is -0.497 e. The number of ether oxygens (including phenoxy) is 1. The summed E-state index contributed by atoms with van der Waals surface area (Å²) in [7, 11) is 1.59. The number of nitrogens with one attached hydrogen (secondary N) is 1. The average molecular weight is 406 g/mol. The normalized spacial score (nSPS) is 14.3. The fourth-order valence-corrected chi connectivity index (χ4v) is 3.55. The fraction of sp³-hybridized carbons (Fsp3) is 0.348. The molecule has 0 aliphatic heterocycles. The highest BCUT2D eigenvalue weighted by Crippen LogP contribution is 2.32. The molecule has 0 saturated heterocycles. The van der Waals surface area contributed by atoms with Gasteiger partial charge in [0.15, 0.2) is 0 Å². The van der Waals surface area contributed by atoms with Crippen molar-refractivity contribution in [1.29, 1.82) is 0 Å². The molecule has 1 atom stereocenters. The lowest BCUT2D eigenvalue weighted by Gasteiger charge is -2.13. The van der Waals surface area contributed by atoms with Gasteiger partial charge in [0.2, 0.25) is 5.91 Å². The number of hydrogen-bond donors (Lipinski definition) is 1. The largest absolute Gasteiger partial charge is 0.497 e. The van der Waals surface area contributed by atoms with Crippen LogP contribution in [-0.4, -0.2) is 33.4 Å². The molecule has 0 spiro atoms. The zero-order valence-corrected chi connectivity index (χ0v) is 17.2. The minimum atomic E-state index is -0.333. The third kappa shape index (κ3) is 4.45. The quantitative estimate of drug-likeness (QED) is 0.624. The van der Waals surface area contributed by atoms with Crippen molar-refractivity contribution in [3.05, 3.63) is 76.5 Å². The van der Waals surface area contributed by atoms with E-state index in [1.54, 1.807) is 31.4 Å². The number of carbonyl (C=O) groups is 1. The van der Waals surface area contributed by atoms with E-state index in [1.807, 2.05) is 37.3 Å². The van der Waals surface area contributed by atoms with Gasteiger partial charge in [-0.05, 0) is 55.5 Å². The zero-order chi connectivity index (χ0) is 21.1. The third-order valence-electron chi connectivity index (χ3n) is 5.48. The van der Waals surface area contributed by atoms with Gasteiger partial charge in [0.05, 0.1) is 12.8 Å². The molecular weight excluding hydrogens is 380 g/mol. The van der Waals surface area contributed by atoms with Crippen LogP contribution in [-0.2, 0) is 17.8 Å². The number of benzene rings is 2. The highest BCUT2D eigenvalue weighted by atomic mass is 16.5. The number of nitrogens with zero attached hydrogens (tertiary/aromatic N) is 3. The summed E-state index contributed by atoms with van der Waals surface area (Å²) in [6.45, 7) is 1.97. The van der Waals surface area contributed by atoms with Gasteiger partial charge in [0, 0.05) is 12.5 Å². The molecule has 0 radical (unpaired) electrons. The van der Waals surface area contributed by atoms with Crippen molar-refractivity contribution in [2.45, 2.75) is 38.8 Å². The van der Waals surface area contributed by atoms with Gasteiger partial charge in [0.1, 0.15) is 18.1 Å². The second kappa shape index (κ2) is 8.57. The molecule has 0 bridgehead atoms. The van der Waals surface area contributed by atoms with Crippen LogP contribution in [0.2, 0.25) is 0 Å². The van der Waals surface area contributed by atoms with Gasteiger partial charge in [-0.25, -0.2) is 4.79 Å². The Morgan fingerprint density at radius 2 is 1.87 bits per heavy atom. The summed E-state index contributed by atoms with van der Waals surface area (Å²) in [4.78, 5) is 25.8. The van der Waals surface area contributed by atoms with Gasteiger partial charge in [-0.15, -0.1) is 5.10 Å². The minimum absolute atomic E-state index is 0.0474. The van der Waals surface area contributed by atoms with Gasteiger partial charge in [-0.2, -0.15) is 4.68 Å². The number of aromatic nitrogens is 3. The molecule has 1 aromatic heterocycles. The van der Waals surface area contributed by atoms with Crippen LogP contribution in [0.25, 0.3) is 5.69 Å². The summed E-state index contributed by atoms with van der Waals surface area (Å²) in [5.74, 6) is 1.64. The van der Waals surface area contributed by atoms with Crippen LogP contribution < -0.4 is 15.7 Å². The number of amides is 1. The zero-order valence-electron chi connectivity index (χ0n) is 17.2. The van der Waals surface area contributed by atoms with Crippen LogP contribution in [0.3, 0.4) is 0 Å². The maximum atomic E-state index is 13.2. The first kappa shape index (κ1) is 19.9. The van der Waals surface area contributed by atoms with Crippen molar-refractivity contribution in [3.63, 3.8) is 0 Å². The second-order valence-electron chi connectivity index (χ2n) is 7.75. The van der Waals surface area contributed by atoms with Gasteiger partial charge in [-0.1, -0.05) is 30.3 Å². The lowest BCUT2D eigenvalue weighted by atomic mass is 10.1. The third-order valence-corrected chi connectivity index (χ3v) is 5.48. The number of rotatable bonds is 8. The van der Waals surface area contributed by atoms with E-state index in [9.17, 15) is 9.59 Å². The van der Waals surface area contributed by atoms with Gasteiger partial charge in [0.25, 0.3) is 0 Å². The molecule has 7 heteroatoms. The molecule has 1 heterocycles. The molecule has 30 heavy (non-hydrogen) atoms. The van der Waals surface area contributed by atoms with Gasteiger partial charge in [-0.3, -0.25) is 9.36 Å². The Kier molecular flexibility index (Phi) is 5.70. The number of hydrogen-bond acceptors (Lipinski definition) is 4. The van der Waals surface area contributed by atoms with Crippen LogP contribution in [0, 0.1) is 5.92 Å². The van der Waals surface area contributed by atoms with E-state index in [0.717, 1.165) is 18.4 Å². The van der Waals surface area contributed by atoms with Crippen LogP contribution in [0.4, 0.5) is 0 Å². The van der Waals surface area contributed by atoms with Crippen molar-refractivity contribution >= 4 is 5.91 Å². The Balaban J connectivity index is 1.65. The van der Waals surface area contributed by atoms with Crippen LogP contribution >= 0.6 is 0 Å². The molecule has 156 valence electrons. The van der Waals surface area contributed by atoms with Crippen LogP contribution in [0.15, 0.2) is 59.4 Å². The van der Waals surface area contributed by atoms with E-state index in [2.05, 4.69) is 10.4 Å². The molecule has 2 aromatic carbocycles. The first-order valence-electron chi connectivity index (χ1n) is 10.2. The predicted octanol–water partition coefficient (Wildman–Crippen LogP) is 2.55. The summed E-state index contributed by atoms with van der Waals surface area (Å²) in [5, 5.41) is 7.58. The molecule has 1 aliphatic carbocycles. The topological polar surface area (TPSA) is 78.2 Å². The van der Waals surface area contributed by atoms with Crippen molar-refractivity contribution in [2.75, 3.05) is 7.11 Å². The summed E-state index contributed by atoms with van der Waals surface area (Å²) < 4.78 is 8.00. The predicted molar refractivity (Wildman–Crippen MR) is 114 cm³/mol. The highest BCUT2D eigenvalue weighted by molar-refractivity contribution is 5.76.